The Hall–Kier alpha value is -17.5. The summed E-state index contributed by atoms with van der Waals surface area (Å²) in [5, 5.41) is 6.53. The van der Waals surface area contributed by atoms with Crippen LogP contribution in [0, 0.1) is 0 Å². The first-order valence-electron chi connectivity index (χ1n) is 59.5. The maximum Gasteiger partial charge on any atom is 0.252 e. The van der Waals surface area contributed by atoms with Crippen LogP contribution in [-0.2, 0) is 16.2 Å². The smallest absolute Gasteiger partial charge is 0.252 e. The van der Waals surface area contributed by atoms with Gasteiger partial charge in [0, 0.05) is 121 Å². The lowest BCUT2D eigenvalue weighted by Crippen LogP contribution is -2.61. The first-order valence-corrected chi connectivity index (χ1v) is 49.5. The van der Waals surface area contributed by atoms with Crippen LogP contribution in [0.3, 0.4) is 0 Å². The van der Waals surface area contributed by atoms with Gasteiger partial charge in [-0.15, -0.1) is 0 Å². The van der Waals surface area contributed by atoms with Gasteiger partial charge in [-0.3, -0.25) is 0 Å². The van der Waals surface area contributed by atoms with Gasteiger partial charge in [-0.05, 0) is 274 Å². The number of hydrogen-bond donors (Lipinski definition) is 0. The van der Waals surface area contributed by atoms with E-state index in [1.54, 1.807) is 36.4 Å². The molecule has 0 saturated heterocycles. The highest BCUT2D eigenvalue weighted by Crippen LogP contribution is 2.59. The highest BCUT2D eigenvalue weighted by atomic mass is 15.2. The van der Waals surface area contributed by atoms with Crippen LogP contribution in [0.2, 0.25) is 0 Å². The molecule has 686 valence electrons. The van der Waals surface area contributed by atoms with Crippen molar-refractivity contribution < 1.29 is 27.4 Å². The van der Waals surface area contributed by atoms with E-state index in [-0.39, 0.29) is 129 Å². The second-order valence-corrected chi connectivity index (χ2v) is 41.8. The summed E-state index contributed by atoms with van der Waals surface area (Å²) < 4.78 is 226. The lowest BCUT2D eigenvalue weighted by atomic mass is 9.33. The van der Waals surface area contributed by atoms with Gasteiger partial charge >= 0.3 is 0 Å². The summed E-state index contributed by atoms with van der Waals surface area (Å²) in [7, 11) is 0. The standard InChI is InChI=1S/C138H101BN6/c1-136(2,3)96-76-107(86-40-18-12-19-41-86)132(108(77-96)87-42-20-13-21-43-87)144-127-82-99(140-119-54-28-22-48-101(119)111-70-92(60-66-125(111)140)90-46-34-44-88(68-90)84-36-14-10-15-37-84)62-64-117(127)139-118-65-63-100(141-120-55-29-23-49-102(120)112-71-93(61-67-126(112)141)91-47-35-45-89(69-91)85-38-16-11-17-39-85)83-128(118)145(130-81-98(138(7,8)9)80-129(144)131(130)139)133-109(94-72-113-103-50-24-30-56-121(103)142-122-57-31-25-51-104(122)114(73-94)134(113)142)78-97(137(4,5)6)79-110(133)95-74-115-105-52-26-32-58-123(105)143-124-59-33-27-53-106(124)116(75-95)135(115)143/h10-83H,1-9H3/i22D,23D,28D,29D,48D,49D,54D,55D,60D,61D,62D,63D,66D,67D,70D,71D,80D,81D,82D,83D. The van der Waals surface area contributed by atoms with E-state index in [4.69, 9.17) is 0 Å². The van der Waals surface area contributed by atoms with Gasteiger partial charge in [0.05, 0.1) is 94.0 Å². The predicted molar refractivity (Wildman–Crippen MR) is 618 cm³/mol. The van der Waals surface area contributed by atoms with E-state index in [1.807, 2.05) is 225 Å². The van der Waals surface area contributed by atoms with Gasteiger partial charge in [-0.2, -0.15) is 0 Å². The molecule has 2 aliphatic rings. The molecule has 0 N–H and O–H groups in total. The molecule has 21 aromatic carbocycles. The summed E-state index contributed by atoms with van der Waals surface area (Å²) in [6.07, 6.45) is 0. The molecule has 29 rings (SSSR count). The van der Waals surface area contributed by atoms with Crippen molar-refractivity contribution >= 4 is 177 Å². The number of nitrogens with zero attached hydrogens (tertiary/aromatic N) is 6. The molecule has 6 nitrogen and oxygen atoms in total. The molecular formula is C138H101BN6. The van der Waals surface area contributed by atoms with E-state index in [0.717, 1.165) is 104 Å². The van der Waals surface area contributed by atoms with Crippen LogP contribution in [0.25, 0.3) is 220 Å². The van der Waals surface area contributed by atoms with Crippen LogP contribution >= 0.6 is 0 Å². The highest BCUT2D eigenvalue weighted by Gasteiger charge is 2.47. The third kappa shape index (κ3) is 12.9. The number of hydrogen-bond acceptors (Lipinski definition) is 2. The molecule has 0 bridgehead atoms. The first-order chi connectivity index (χ1) is 79.2. The number of benzene rings is 21. The molecule has 0 radical (unpaired) electrons. The molecule has 0 atom stereocenters. The third-order valence-corrected chi connectivity index (χ3v) is 30.2. The van der Waals surface area contributed by atoms with Gasteiger partial charge in [-0.25, -0.2) is 0 Å². The maximum absolute atomic E-state index is 12.7. The predicted octanol–water partition coefficient (Wildman–Crippen LogP) is 35.5. The summed E-state index contributed by atoms with van der Waals surface area (Å²) in [4.78, 5) is 3.89. The number of fused-ring (bicyclic) bond motifs is 22. The Kier molecular flexibility index (Phi) is 14.4. The highest BCUT2D eigenvalue weighted by molar-refractivity contribution is 7.00. The Labute approximate surface area is 871 Å². The molecule has 8 heterocycles. The van der Waals surface area contributed by atoms with E-state index in [1.165, 1.54) is 9.13 Å². The average Bonchev–Trinajstić information content (AvgIpc) is 1.23. The van der Waals surface area contributed by atoms with Crippen LogP contribution in [-0.4, -0.2) is 24.6 Å². The third-order valence-electron chi connectivity index (χ3n) is 30.2. The van der Waals surface area contributed by atoms with E-state index in [9.17, 15) is 27.4 Å². The molecule has 27 aromatic rings. The monoisotopic (exact) mass is 1870 g/mol. The minimum absolute atomic E-state index is 0.0333. The fraction of sp³-hybridized carbons (Fsp3) is 0.0870. The van der Waals surface area contributed by atoms with Gasteiger partial charge in [0.15, 0.2) is 0 Å². The second kappa shape index (κ2) is 31.5. The molecule has 0 unspecified atom stereocenters. The van der Waals surface area contributed by atoms with Crippen molar-refractivity contribution in [1.82, 2.24) is 17.9 Å². The average molecular weight is 1870 g/mol. The van der Waals surface area contributed by atoms with Crippen LogP contribution in [0.5, 0.6) is 0 Å². The molecule has 2 aliphatic heterocycles. The molecule has 145 heavy (non-hydrogen) atoms. The summed E-state index contributed by atoms with van der Waals surface area (Å²) in [5.41, 5.74) is 12.7. The van der Waals surface area contributed by atoms with E-state index in [0.29, 0.717) is 72.6 Å². The molecule has 7 heteroatoms. The largest absolute Gasteiger partial charge is 0.310 e. The van der Waals surface area contributed by atoms with Crippen molar-refractivity contribution in [1.29, 1.82) is 0 Å². The van der Waals surface area contributed by atoms with Crippen molar-refractivity contribution in [2.24, 2.45) is 0 Å². The van der Waals surface area contributed by atoms with Crippen LogP contribution < -0.4 is 26.2 Å². The SMILES string of the molecule is [2H]c1cc2c(c([2H])c1-n1c3c([2H])c([2H])c([2H])c([2H])c3c3c([2H])c(-c4cccc(-c5ccccc5)c4)c([2H])c([2H])c31)N(c1c(-c3ccccc3)cc(C(C)(C)C)cc1-c1ccccc1)c1c([2H])c(C(C)(C)C)c([2H])c3c1B2c1cc([2H])c(-n2c4c([2H])c([2H])c([2H])c([2H])c4c4c([2H])c(-c5cccc(-c6ccccc6)c5)c([2H])c([2H])c42)c([2H])c1N3c1c(-c2cc3c4ccccc4n4c5ccccc5c(c2)c34)cc(C(C)(C)C)cc1-c1cc2c3ccccc3n3c4ccccc4c(c1)c23. The van der Waals surface area contributed by atoms with Crippen LogP contribution in [0.4, 0.5) is 34.1 Å². The topological polar surface area (TPSA) is 25.2 Å². The van der Waals surface area contributed by atoms with Crippen LogP contribution in [0.1, 0.15) is 106 Å². The lowest BCUT2D eigenvalue weighted by molar-refractivity contribution is 0.590. The van der Waals surface area contributed by atoms with Gasteiger partial charge in [-0.1, -0.05) is 353 Å². The quantitative estimate of drug-likeness (QED) is 0.114. The van der Waals surface area contributed by atoms with Crippen molar-refractivity contribution in [3.8, 4) is 100 Å². The molecule has 0 aliphatic carbocycles. The first kappa shape index (κ1) is 66.2. The molecule has 0 spiro atoms. The number of anilines is 6. The summed E-state index contributed by atoms with van der Waals surface area (Å²) in [6, 6.07) is 96.6. The normalized spacial score (nSPS) is 14.9. The van der Waals surface area contributed by atoms with Crippen LogP contribution in [0.15, 0.2) is 448 Å². The molecule has 6 aromatic heterocycles. The molecule has 0 amide bonds. The Morgan fingerprint density at radius 1 is 0.214 bits per heavy atom. The van der Waals surface area contributed by atoms with E-state index in [2.05, 4.69) is 147 Å². The van der Waals surface area contributed by atoms with Gasteiger partial charge in [0.1, 0.15) is 0 Å². The zero-order valence-electron chi connectivity index (χ0n) is 101. The Balaban J connectivity index is 0.843. The molecule has 0 fully saturated rings. The number of aromatic nitrogens is 4. The zero-order valence-corrected chi connectivity index (χ0v) is 80.9. The van der Waals surface area contributed by atoms with Crippen molar-refractivity contribution in [2.45, 2.75) is 78.6 Å². The van der Waals surface area contributed by atoms with E-state index >= 15 is 0 Å². The maximum atomic E-state index is 12.7. The number of rotatable bonds is 12. The minimum Gasteiger partial charge on any atom is -0.310 e. The zero-order chi connectivity index (χ0) is 114. The summed E-state index contributed by atoms with van der Waals surface area (Å²) in [5.74, 6) is 0. The van der Waals surface area contributed by atoms with Crippen molar-refractivity contribution in [3.63, 3.8) is 0 Å². The summed E-state index contributed by atoms with van der Waals surface area (Å²) >= 11 is 0. The molecule has 0 saturated carbocycles. The second-order valence-electron chi connectivity index (χ2n) is 41.8. The lowest BCUT2D eigenvalue weighted by Gasteiger charge is -2.47. The van der Waals surface area contributed by atoms with Gasteiger partial charge in [0.2, 0.25) is 0 Å². The summed E-state index contributed by atoms with van der Waals surface area (Å²) in [6.45, 7) is 17.1. The van der Waals surface area contributed by atoms with Gasteiger partial charge < -0.3 is 27.7 Å². The Morgan fingerprint density at radius 2 is 0.524 bits per heavy atom. The Morgan fingerprint density at radius 3 is 0.883 bits per heavy atom. The Bertz CT molecular complexity index is 11000. The molecular weight excluding hydrogens is 1750 g/mol. The van der Waals surface area contributed by atoms with E-state index < -0.39 is 125 Å². The fourth-order valence-electron chi connectivity index (χ4n) is 23.3. The van der Waals surface area contributed by atoms with Crippen molar-refractivity contribution in [3.05, 3.63) is 465 Å². The van der Waals surface area contributed by atoms with Gasteiger partial charge in [0.25, 0.3) is 6.71 Å². The number of para-hydroxylation sites is 6. The minimum atomic E-state index is -1.60. The fourth-order valence-corrected chi connectivity index (χ4v) is 23.3. The van der Waals surface area contributed by atoms with Crippen molar-refractivity contribution in [2.75, 3.05) is 9.80 Å².